The van der Waals surface area contributed by atoms with Crippen molar-refractivity contribution in [1.82, 2.24) is 5.32 Å². The van der Waals surface area contributed by atoms with Gasteiger partial charge in [-0.1, -0.05) is 24.3 Å². The number of rotatable bonds is 4. The number of fused-ring (bicyclic) bond motifs is 1. The number of carboxylic acids is 1. The number of hydrogen-bond acceptors (Lipinski definition) is 3. The number of carbonyl (C=O) groups excluding carboxylic acids is 1. The fraction of sp³-hybridized carbons (Fsp3) is 0.467. The Bertz CT molecular complexity index is 554. The molecule has 1 unspecified atom stereocenters. The maximum Gasteiger partial charge on any atom is 0.319 e. The van der Waals surface area contributed by atoms with Crippen molar-refractivity contribution >= 4 is 23.6 Å². The summed E-state index contributed by atoms with van der Waals surface area (Å²) in [6.45, 7) is 0.509. The van der Waals surface area contributed by atoms with Crippen LogP contribution in [0.2, 0.25) is 0 Å². The first-order valence-electron chi connectivity index (χ1n) is 6.84. The quantitative estimate of drug-likeness (QED) is 0.833. The Kier molecular flexibility index (Phi) is 3.46. The van der Waals surface area contributed by atoms with Gasteiger partial charge < -0.3 is 10.4 Å². The van der Waals surface area contributed by atoms with Crippen LogP contribution in [-0.2, 0) is 16.0 Å². The highest BCUT2D eigenvalue weighted by Crippen LogP contribution is 2.46. The molecule has 2 N–H and O–H groups in total. The van der Waals surface area contributed by atoms with Gasteiger partial charge in [-0.3, -0.25) is 9.59 Å². The van der Waals surface area contributed by atoms with Gasteiger partial charge in [0.2, 0.25) is 5.91 Å². The van der Waals surface area contributed by atoms with Crippen molar-refractivity contribution in [2.45, 2.75) is 24.5 Å². The smallest absolute Gasteiger partial charge is 0.319 e. The summed E-state index contributed by atoms with van der Waals surface area (Å²) in [7, 11) is 0. The van der Waals surface area contributed by atoms with Crippen molar-refractivity contribution in [3.63, 3.8) is 0 Å². The molecule has 1 aliphatic carbocycles. The topological polar surface area (TPSA) is 66.4 Å². The Morgan fingerprint density at radius 3 is 2.80 bits per heavy atom. The Morgan fingerprint density at radius 1 is 1.35 bits per heavy atom. The number of aliphatic carboxylic acids is 1. The van der Waals surface area contributed by atoms with E-state index in [4.69, 9.17) is 5.11 Å². The molecule has 1 aliphatic heterocycles. The molecule has 1 aromatic carbocycles. The molecular formula is C15H17NO3S. The number of amides is 1. The molecule has 5 heteroatoms. The molecular weight excluding hydrogens is 274 g/mol. The minimum Gasteiger partial charge on any atom is -0.480 e. The summed E-state index contributed by atoms with van der Waals surface area (Å²) < 4.78 is 0. The van der Waals surface area contributed by atoms with Crippen LogP contribution in [0.3, 0.4) is 0 Å². The molecule has 3 rings (SSSR count). The van der Waals surface area contributed by atoms with E-state index in [0.29, 0.717) is 19.4 Å². The molecule has 20 heavy (non-hydrogen) atoms. The maximum absolute atomic E-state index is 12.0. The van der Waals surface area contributed by atoms with Crippen LogP contribution in [0.4, 0.5) is 0 Å². The number of carbonyl (C=O) groups is 2. The molecule has 1 saturated carbocycles. The van der Waals surface area contributed by atoms with E-state index in [-0.39, 0.29) is 11.2 Å². The second-order valence-corrected chi connectivity index (χ2v) is 6.72. The molecule has 0 spiro atoms. The van der Waals surface area contributed by atoms with Gasteiger partial charge in [-0.15, -0.1) is 0 Å². The highest BCUT2D eigenvalue weighted by atomic mass is 32.2. The van der Waals surface area contributed by atoms with E-state index in [9.17, 15) is 9.59 Å². The maximum atomic E-state index is 12.0. The zero-order valence-electron chi connectivity index (χ0n) is 11.1. The van der Waals surface area contributed by atoms with E-state index in [1.54, 1.807) is 0 Å². The average molecular weight is 291 g/mol. The Morgan fingerprint density at radius 2 is 2.10 bits per heavy atom. The fourth-order valence-corrected chi connectivity index (χ4v) is 3.90. The van der Waals surface area contributed by atoms with Gasteiger partial charge >= 0.3 is 5.97 Å². The number of carboxylic acid groups (broad SMARTS) is 1. The molecule has 1 atom stereocenters. The SMILES string of the molecule is O=C(O)C1(C(=O)NCC2SCCc3ccccc32)CC1. The van der Waals surface area contributed by atoms with Crippen LogP contribution in [-0.4, -0.2) is 29.3 Å². The summed E-state index contributed by atoms with van der Waals surface area (Å²) in [4.78, 5) is 23.1. The summed E-state index contributed by atoms with van der Waals surface area (Å²) in [6.07, 6.45) is 1.98. The standard InChI is InChI=1S/C15H17NO3S/c17-13(15(6-7-15)14(18)19)16-9-12-11-4-2-1-3-10(11)5-8-20-12/h1-4,12H,5-9H2,(H,16,17)(H,18,19). The molecule has 2 aliphatic rings. The second kappa shape index (κ2) is 5.13. The summed E-state index contributed by atoms with van der Waals surface area (Å²) in [6, 6.07) is 8.28. The molecule has 0 radical (unpaired) electrons. The van der Waals surface area contributed by atoms with E-state index in [0.717, 1.165) is 12.2 Å². The first-order chi connectivity index (χ1) is 9.63. The highest BCUT2D eigenvalue weighted by molar-refractivity contribution is 7.99. The highest BCUT2D eigenvalue weighted by Gasteiger charge is 2.57. The molecule has 0 aromatic heterocycles. The van der Waals surface area contributed by atoms with Crippen LogP contribution >= 0.6 is 11.8 Å². The second-order valence-electron chi connectivity index (χ2n) is 5.41. The third-order valence-corrected chi connectivity index (χ3v) is 5.40. The Balaban J connectivity index is 1.65. The van der Waals surface area contributed by atoms with Crippen molar-refractivity contribution in [3.8, 4) is 0 Å². The molecule has 1 fully saturated rings. The lowest BCUT2D eigenvalue weighted by Crippen LogP contribution is -2.39. The molecule has 0 bridgehead atoms. The zero-order valence-corrected chi connectivity index (χ0v) is 11.9. The van der Waals surface area contributed by atoms with Gasteiger partial charge in [0.05, 0.1) is 0 Å². The van der Waals surface area contributed by atoms with Gasteiger partial charge in [-0.2, -0.15) is 11.8 Å². The van der Waals surface area contributed by atoms with E-state index in [2.05, 4.69) is 17.4 Å². The fourth-order valence-electron chi connectivity index (χ4n) is 2.66. The first kappa shape index (κ1) is 13.5. The molecule has 4 nitrogen and oxygen atoms in total. The largest absolute Gasteiger partial charge is 0.480 e. The Hall–Kier alpha value is -1.49. The number of hydrogen-bond donors (Lipinski definition) is 2. The molecule has 1 amide bonds. The van der Waals surface area contributed by atoms with Crippen LogP contribution in [0.5, 0.6) is 0 Å². The first-order valence-corrected chi connectivity index (χ1v) is 7.89. The van der Waals surface area contributed by atoms with Gasteiger partial charge in [0.25, 0.3) is 0 Å². The van der Waals surface area contributed by atoms with Crippen LogP contribution in [0.15, 0.2) is 24.3 Å². The van der Waals surface area contributed by atoms with Crippen molar-refractivity contribution in [1.29, 1.82) is 0 Å². The molecule has 106 valence electrons. The minimum absolute atomic E-state index is 0.230. The lowest BCUT2D eigenvalue weighted by atomic mass is 10.0. The van der Waals surface area contributed by atoms with Crippen LogP contribution in [0.1, 0.15) is 29.2 Å². The van der Waals surface area contributed by atoms with E-state index >= 15 is 0 Å². The number of aryl methyl sites for hydroxylation is 1. The monoisotopic (exact) mass is 291 g/mol. The minimum atomic E-state index is -1.14. The van der Waals surface area contributed by atoms with Crippen molar-refractivity contribution in [2.75, 3.05) is 12.3 Å². The number of thioether (sulfide) groups is 1. The lowest BCUT2D eigenvalue weighted by Gasteiger charge is -2.25. The lowest BCUT2D eigenvalue weighted by molar-refractivity contribution is -0.149. The van der Waals surface area contributed by atoms with E-state index in [1.807, 2.05) is 23.9 Å². The van der Waals surface area contributed by atoms with Gasteiger partial charge in [-0.25, -0.2) is 0 Å². The van der Waals surface area contributed by atoms with E-state index < -0.39 is 11.4 Å². The van der Waals surface area contributed by atoms with E-state index in [1.165, 1.54) is 11.1 Å². The van der Waals surface area contributed by atoms with Crippen LogP contribution < -0.4 is 5.32 Å². The van der Waals surface area contributed by atoms with Gasteiger partial charge in [-0.05, 0) is 36.1 Å². The Labute approximate surface area is 121 Å². The molecule has 1 heterocycles. The third kappa shape index (κ3) is 2.30. The average Bonchev–Trinajstić information content (AvgIpc) is 3.26. The van der Waals surface area contributed by atoms with Crippen LogP contribution in [0, 0.1) is 5.41 Å². The zero-order chi connectivity index (χ0) is 14.2. The summed E-state index contributed by atoms with van der Waals surface area (Å²) in [5.74, 6) is -0.276. The van der Waals surface area contributed by atoms with Gasteiger partial charge in [0.15, 0.2) is 0 Å². The molecule has 0 saturated heterocycles. The number of nitrogens with one attached hydrogen (secondary N) is 1. The van der Waals surface area contributed by atoms with Crippen molar-refractivity contribution in [3.05, 3.63) is 35.4 Å². The molecule has 1 aromatic rings. The van der Waals surface area contributed by atoms with Crippen molar-refractivity contribution in [2.24, 2.45) is 5.41 Å². The normalized spacial score (nSPS) is 22.7. The summed E-state index contributed by atoms with van der Waals surface area (Å²) >= 11 is 1.83. The predicted octanol–water partition coefficient (Wildman–Crippen LogP) is 2.00. The third-order valence-electron chi connectivity index (χ3n) is 4.13. The van der Waals surface area contributed by atoms with Gasteiger partial charge in [0, 0.05) is 11.8 Å². The van der Waals surface area contributed by atoms with Crippen LogP contribution in [0.25, 0.3) is 0 Å². The summed E-state index contributed by atoms with van der Waals surface area (Å²) in [5.41, 5.74) is 1.47. The number of benzene rings is 1. The predicted molar refractivity (Wildman–Crippen MR) is 77.7 cm³/mol. The summed E-state index contributed by atoms with van der Waals surface area (Å²) in [5, 5.41) is 12.2. The van der Waals surface area contributed by atoms with Gasteiger partial charge in [0.1, 0.15) is 5.41 Å². The van der Waals surface area contributed by atoms with Crippen molar-refractivity contribution < 1.29 is 14.7 Å².